The van der Waals surface area contributed by atoms with Gasteiger partial charge in [-0.2, -0.15) is 9.41 Å². The molecule has 9 heteroatoms. The monoisotopic (exact) mass is 416 g/mol. The molecule has 0 saturated heterocycles. The quantitative estimate of drug-likeness (QED) is 0.507. The van der Waals surface area contributed by atoms with Gasteiger partial charge in [-0.15, -0.1) is 0 Å². The maximum Gasteiger partial charge on any atom is 0.255 e. The van der Waals surface area contributed by atoms with Gasteiger partial charge < -0.3 is 5.32 Å². The molecule has 2 N–H and O–H groups in total. The highest BCUT2D eigenvalue weighted by atomic mass is 32.2. The second-order valence-electron chi connectivity index (χ2n) is 6.35. The number of aryl methyl sites for hydroxylation is 1. The van der Waals surface area contributed by atoms with Crippen LogP contribution in [0.15, 0.2) is 58.5 Å². The number of nitrogens with one attached hydrogen (secondary N) is 2. The summed E-state index contributed by atoms with van der Waals surface area (Å²) in [7, 11) is -2.55. The van der Waals surface area contributed by atoms with Crippen LogP contribution in [-0.4, -0.2) is 44.3 Å². The van der Waals surface area contributed by atoms with Crippen LogP contribution in [0, 0.1) is 0 Å². The summed E-state index contributed by atoms with van der Waals surface area (Å²) in [5.41, 5.74) is 4.83. The summed E-state index contributed by atoms with van der Waals surface area (Å²) in [4.78, 5) is 23.1. The Kier molecular flexibility index (Phi) is 7.63. The van der Waals surface area contributed by atoms with Crippen LogP contribution in [0.4, 0.5) is 5.69 Å². The SMILES string of the molecule is CCc1ccc(/C=N\NC(=O)CN(C)S(=O)(=O)c2ccc(NC(C)=O)cc2)cc1. The average molecular weight is 417 g/mol. The van der Waals surface area contributed by atoms with Crippen molar-refractivity contribution in [2.45, 2.75) is 25.2 Å². The summed E-state index contributed by atoms with van der Waals surface area (Å²) in [6.07, 6.45) is 2.43. The lowest BCUT2D eigenvalue weighted by Crippen LogP contribution is -2.36. The van der Waals surface area contributed by atoms with E-state index in [-0.39, 0.29) is 17.3 Å². The van der Waals surface area contributed by atoms with Crippen molar-refractivity contribution < 1.29 is 18.0 Å². The van der Waals surface area contributed by atoms with E-state index >= 15 is 0 Å². The summed E-state index contributed by atoms with van der Waals surface area (Å²) >= 11 is 0. The van der Waals surface area contributed by atoms with Crippen molar-refractivity contribution in [2.24, 2.45) is 5.10 Å². The molecule has 0 aliphatic heterocycles. The number of hydrogen-bond acceptors (Lipinski definition) is 5. The Morgan fingerprint density at radius 2 is 1.69 bits per heavy atom. The van der Waals surface area contributed by atoms with Crippen molar-refractivity contribution >= 4 is 33.7 Å². The predicted octanol–water partition coefficient (Wildman–Crippen LogP) is 1.98. The van der Waals surface area contributed by atoms with Gasteiger partial charge >= 0.3 is 0 Å². The first-order chi connectivity index (χ1) is 13.7. The Labute approximate surface area is 170 Å². The van der Waals surface area contributed by atoms with Crippen LogP contribution in [0.1, 0.15) is 25.0 Å². The highest BCUT2D eigenvalue weighted by Crippen LogP contribution is 2.17. The van der Waals surface area contributed by atoms with Gasteiger partial charge in [0.15, 0.2) is 0 Å². The van der Waals surface area contributed by atoms with Crippen LogP contribution >= 0.6 is 0 Å². The van der Waals surface area contributed by atoms with Gasteiger partial charge in [-0.05, 0) is 41.8 Å². The second-order valence-corrected chi connectivity index (χ2v) is 8.40. The number of amides is 2. The molecule has 0 fully saturated rings. The number of hydrazone groups is 1. The molecule has 0 unspecified atom stereocenters. The second kappa shape index (κ2) is 9.94. The van der Waals surface area contributed by atoms with Gasteiger partial charge in [0.2, 0.25) is 15.9 Å². The van der Waals surface area contributed by atoms with Gasteiger partial charge in [0.05, 0.1) is 17.7 Å². The molecular formula is C20H24N4O4S. The number of anilines is 1. The van der Waals surface area contributed by atoms with Gasteiger partial charge in [0, 0.05) is 19.7 Å². The molecule has 2 rings (SSSR count). The van der Waals surface area contributed by atoms with E-state index in [1.54, 1.807) is 0 Å². The maximum absolute atomic E-state index is 12.6. The minimum Gasteiger partial charge on any atom is -0.326 e. The third-order valence-electron chi connectivity index (χ3n) is 4.04. The molecule has 0 bridgehead atoms. The van der Waals surface area contributed by atoms with E-state index in [2.05, 4.69) is 22.8 Å². The molecule has 0 aromatic heterocycles. The number of benzene rings is 2. The number of carbonyl (C=O) groups excluding carboxylic acids is 2. The van der Waals surface area contributed by atoms with E-state index in [0.29, 0.717) is 5.69 Å². The fourth-order valence-electron chi connectivity index (χ4n) is 2.43. The molecule has 154 valence electrons. The van der Waals surface area contributed by atoms with E-state index < -0.39 is 15.9 Å². The lowest BCUT2D eigenvalue weighted by molar-refractivity contribution is -0.121. The molecule has 2 amide bonds. The summed E-state index contributed by atoms with van der Waals surface area (Å²) in [5.74, 6) is -0.816. The predicted molar refractivity (Wildman–Crippen MR) is 112 cm³/mol. The van der Waals surface area contributed by atoms with Crippen LogP contribution < -0.4 is 10.7 Å². The Balaban J connectivity index is 1.94. The van der Waals surface area contributed by atoms with Crippen molar-refractivity contribution in [1.29, 1.82) is 0 Å². The average Bonchev–Trinajstić information content (AvgIpc) is 2.68. The van der Waals surface area contributed by atoms with Crippen LogP contribution in [0.3, 0.4) is 0 Å². The number of hydrogen-bond donors (Lipinski definition) is 2. The van der Waals surface area contributed by atoms with Crippen molar-refractivity contribution in [2.75, 3.05) is 18.9 Å². The number of rotatable bonds is 8. The van der Waals surface area contributed by atoms with E-state index in [9.17, 15) is 18.0 Å². The Bertz CT molecular complexity index is 984. The highest BCUT2D eigenvalue weighted by Gasteiger charge is 2.22. The molecule has 0 aliphatic rings. The van der Waals surface area contributed by atoms with Crippen LogP contribution in [-0.2, 0) is 26.0 Å². The van der Waals surface area contributed by atoms with Gasteiger partial charge in [-0.3, -0.25) is 9.59 Å². The van der Waals surface area contributed by atoms with Gasteiger partial charge in [-0.25, -0.2) is 13.8 Å². The van der Waals surface area contributed by atoms with Gasteiger partial charge in [0.1, 0.15) is 0 Å². The topological polar surface area (TPSA) is 108 Å². The van der Waals surface area contributed by atoms with E-state index in [1.807, 2.05) is 24.3 Å². The fraction of sp³-hybridized carbons (Fsp3) is 0.250. The lowest BCUT2D eigenvalue weighted by atomic mass is 10.1. The minimum atomic E-state index is -3.86. The molecule has 8 nitrogen and oxygen atoms in total. The summed E-state index contributed by atoms with van der Waals surface area (Å²) in [5, 5.41) is 6.42. The van der Waals surface area contributed by atoms with E-state index in [4.69, 9.17) is 0 Å². The summed E-state index contributed by atoms with van der Waals surface area (Å²) in [6.45, 7) is 3.03. The Morgan fingerprint density at radius 1 is 1.07 bits per heavy atom. The molecule has 29 heavy (non-hydrogen) atoms. The largest absolute Gasteiger partial charge is 0.326 e. The van der Waals surface area contributed by atoms with Crippen LogP contribution in [0.25, 0.3) is 0 Å². The van der Waals surface area contributed by atoms with Crippen molar-refractivity contribution in [3.8, 4) is 0 Å². The summed E-state index contributed by atoms with van der Waals surface area (Å²) in [6, 6.07) is 13.4. The molecule has 0 saturated carbocycles. The first-order valence-electron chi connectivity index (χ1n) is 8.97. The molecular weight excluding hydrogens is 392 g/mol. The maximum atomic E-state index is 12.6. The van der Waals surface area contributed by atoms with Crippen molar-refractivity contribution in [1.82, 2.24) is 9.73 Å². The molecule has 2 aromatic rings. The van der Waals surface area contributed by atoms with Crippen LogP contribution in [0.5, 0.6) is 0 Å². The third kappa shape index (κ3) is 6.51. The standard InChI is InChI=1S/C20H24N4O4S/c1-4-16-5-7-17(8-6-16)13-21-23-20(26)14-24(3)29(27,28)19-11-9-18(10-12-19)22-15(2)25/h5-13H,4,14H2,1-3H3,(H,22,25)(H,23,26)/b21-13-. The molecule has 0 spiro atoms. The third-order valence-corrected chi connectivity index (χ3v) is 5.86. The van der Waals surface area contributed by atoms with Gasteiger partial charge in [-0.1, -0.05) is 31.2 Å². The lowest BCUT2D eigenvalue weighted by Gasteiger charge is -2.16. The molecule has 0 atom stereocenters. The first kappa shape index (κ1) is 22.3. The normalized spacial score (nSPS) is 11.6. The zero-order valence-electron chi connectivity index (χ0n) is 16.5. The minimum absolute atomic E-state index is 0.0152. The molecule has 0 heterocycles. The first-order valence-corrected chi connectivity index (χ1v) is 10.4. The fourth-order valence-corrected chi connectivity index (χ4v) is 3.56. The zero-order chi connectivity index (χ0) is 21.4. The highest BCUT2D eigenvalue weighted by molar-refractivity contribution is 7.89. The number of likely N-dealkylation sites (N-methyl/N-ethyl adjacent to an activating group) is 1. The molecule has 0 radical (unpaired) electrons. The van der Waals surface area contributed by atoms with Gasteiger partial charge in [0.25, 0.3) is 5.91 Å². The molecule has 2 aromatic carbocycles. The van der Waals surface area contributed by atoms with E-state index in [1.165, 1.54) is 50.0 Å². The van der Waals surface area contributed by atoms with E-state index in [0.717, 1.165) is 16.3 Å². The molecule has 0 aliphatic carbocycles. The Morgan fingerprint density at radius 3 is 2.24 bits per heavy atom. The Hall–Kier alpha value is -3.04. The zero-order valence-corrected chi connectivity index (χ0v) is 17.4. The smallest absolute Gasteiger partial charge is 0.255 e. The summed E-state index contributed by atoms with van der Waals surface area (Å²) < 4.78 is 26.1. The number of carbonyl (C=O) groups is 2. The number of sulfonamides is 1. The van der Waals surface area contributed by atoms with Crippen LogP contribution in [0.2, 0.25) is 0 Å². The van der Waals surface area contributed by atoms with Crippen molar-refractivity contribution in [3.05, 3.63) is 59.7 Å². The number of nitrogens with zero attached hydrogens (tertiary/aromatic N) is 2. The van der Waals surface area contributed by atoms with Crippen molar-refractivity contribution in [3.63, 3.8) is 0 Å².